The van der Waals surface area contributed by atoms with Crippen LogP contribution in [0.25, 0.3) is 5.70 Å². The van der Waals surface area contributed by atoms with Crippen LogP contribution in [0.15, 0.2) is 36.7 Å². The van der Waals surface area contributed by atoms with Crippen LogP contribution in [0, 0.1) is 5.92 Å². The zero-order valence-electron chi connectivity index (χ0n) is 12.1. The minimum atomic E-state index is -10.7. The van der Waals surface area contributed by atoms with Gasteiger partial charge in [0, 0.05) is 18.6 Å². The molecule has 0 N–H and O–H groups in total. The second kappa shape index (κ2) is 6.11. The van der Waals surface area contributed by atoms with E-state index in [0.29, 0.717) is 0 Å². The molecule has 0 spiro atoms. The van der Waals surface area contributed by atoms with Gasteiger partial charge in [-0.05, 0) is 18.9 Å². The molecular weight excluding hydrogens is 347 g/mol. The first-order valence-electron chi connectivity index (χ1n) is 6.56. The van der Waals surface area contributed by atoms with Crippen molar-refractivity contribution < 1.29 is 39.3 Å². The number of aromatic nitrogens is 1. The van der Waals surface area contributed by atoms with Gasteiger partial charge in [0.2, 0.25) is 0 Å². The second-order valence-electron chi connectivity index (χ2n) is 4.93. The molecule has 0 aromatic carbocycles. The van der Waals surface area contributed by atoms with E-state index < -0.39 is 7.81 Å². The predicted octanol–water partition coefficient (Wildman–Crippen LogP) is 5.17. The number of esters is 1. The Hall–Kier alpha value is -1.63. The summed E-state index contributed by atoms with van der Waals surface area (Å²) in [7, 11) is -9.21. The molecule has 10 heteroatoms. The van der Waals surface area contributed by atoms with Gasteiger partial charge >= 0.3 is 39.0 Å². The molecule has 2 rings (SSSR count). The van der Waals surface area contributed by atoms with E-state index in [1.54, 1.807) is 0 Å². The summed E-state index contributed by atoms with van der Waals surface area (Å²) in [5, 5.41) is 0. The Labute approximate surface area is 128 Å². The molecule has 1 aromatic heterocycles. The Balaban J connectivity index is 0.000000322. The van der Waals surface area contributed by atoms with Gasteiger partial charge in [0.25, 0.3) is 0 Å². The molecule has 1 aliphatic carbocycles. The summed E-state index contributed by atoms with van der Waals surface area (Å²) < 4.78 is 66.1. The van der Waals surface area contributed by atoms with Crippen LogP contribution in [0.5, 0.6) is 0 Å². The summed E-state index contributed by atoms with van der Waals surface area (Å²) in [6, 6.07) is 6.01. The Kier molecular flexibility index (Phi) is 5.16. The van der Waals surface area contributed by atoms with Gasteiger partial charge in [0.15, 0.2) is 18.1 Å². The molecular formula is C13H16F6NO2P. The third kappa shape index (κ3) is 9.89. The molecule has 3 nitrogen and oxygen atoms in total. The topological polar surface area (TPSA) is 30.2 Å². The fourth-order valence-corrected chi connectivity index (χ4v) is 2.03. The summed E-state index contributed by atoms with van der Waals surface area (Å²) in [6.45, 7) is 0. The third-order valence-corrected chi connectivity index (χ3v) is 2.97. The summed E-state index contributed by atoms with van der Waals surface area (Å²) in [5.74, 6) is -0.0496. The van der Waals surface area contributed by atoms with Gasteiger partial charge in [-0.2, -0.15) is 4.57 Å². The summed E-state index contributed by atoms with van der Waals surface area (Å²) in [5.41, 5.74) is 1.26. The van der Waals surface area contributed by atoms with Crippen molar-refractivity contribution in [2.45, 2.75) is 19.3 Å². The van der Waals surface area contributed by atoms with Crippen molar-refractivity contribution in [2.24, 2.45) is 5.92 Å². The van der Waals surface area contributed by atoms with Gasteiger partial charge in [-0.25, -0.2) is 0 Å². The Morgan fingerprint density at radius 3 is 2.04 bits per heavy atom. The normalized spacial score (nSPS) is 21.0. The van der Waals surface area contributed by atoms with Crippen molar-refractivity contribution in [3.63, 3.8) is 0 Å². The predicted molar refractivity (Wildman–Crippen MR) is 73.8 cm³/mol. The van der Waals surface area contributed by atoms with Crippen LogP contribution >= 0.6 is 7.81 Å². The third-order valence-electron chi connectivity index (χ3n) is 2.97. The van der Waals surface area contributed by atoms with Crippen LogP contribution < -0.4 is 4.57 Å². The van der Waals surface area contributed by atoms with Crippen LogP contribution in [0.3, 0.4) is 0 Å². The van der Waals surface area contributed by atoms with E-state index in [0.717, 1.165) is 19.3 Å². The van der Waals surface area contributed by atoms with Gasteiger partial charge in [0.1, 0.15) is 0 Å². The van der Waals surface area contributed by atoms with Crippen molar-refractivity contribution in [2.75, 3.05) is 7.11 Å². The average molecular weight is 363 g/mol. The number of nitrogens with zero attached hydrogens (tertiary/aromatic N) is 1. The van der Waals surface area contributed by atoms with E-state index in [1.165, 1.54) is 12.8 Å². The van der Waals surface area contributed by atoms with Gasteiger partial charge in [0.05, 0.1) is 13.0 Å². The molecule has 1 aromatic rings. The van der Waals surface area contributed by atoms with Crippen molar-refractivity contribution in [1.29, 1.82) is 0 Å². The van der Waals surface area contributed by atoms with E-state index in [9.17, 15) is 30.0 Å². The van der Waals surface area contributed by atoms with Crippen LogP contribution in [-0.4, -0.2) is 13.1 Å². The second-order valence-corrected chi connectivity index (χ2v) is 6.85. The molecule has 1 heterocycles. The number of allylic oxidation sites excluding steroid dienone is 2. The molecule has 0 aliphatic heterocycles. The summed E-state index contributed by atoms with van der Waals surface area (Å²) in [6.07, 6.45) is 8.78. The van der Waals surface area contributed by atoms with E-state index in [2.05, 4.69) is 10.6 Å². The number of methoxy groups -OCH3 is 1. The van der Waals surface area contributed by atoms with Gasteiger partial charge in [-0.1, -0.05) is 6.07 Å². The number of ether oxygens (including phenoxy) is 1. The van der Waals surface area contributed by atoms with Crippen molar-refractivity contribution in [3.05, 3.63) is 36.7 Å². The van der Waals surface area contributed by atoms with Crippen molar-refractivity contribution in [1.82, 2.24) is 0 Å². The number of hydrogen-bond donors (Lipinski definition) is 0. The number of pyridine rings is 1. The quantitative estimate of drug-likeness (QED) is 0.314. The zero-order valence-corrected chi connectivity index (χ0v) is 13.0. The molecule has 0 bridgehead atoms. The van der Waals surface area contributed by atoms with E-state index >= 15 is 0 Å². The Morgan fingerprint density at radius 1 is 1.13 bits per heavy atom. The molecule has 23 heavy (non-hydrogen) atoms. The Bertz CT molecular complexity index is 574. The van der Waals surface area contributed by atoms with Gasteiger partial charge in [-0.3, -0.25) is 4.79 Å². The Morgan fingerprint density at radius 2 is 1.65 bits per heavy atom. The van der Waals surface area contributed by atoms with Gasteiger partial charge in [-0.15, -0.1) is 0 Å². The number of hydrogen-bond acceptors (Lipinski definition) is 2. The fraction of sp³-hybridized carbons (Fsp3) is 0.385. The van der Waals surface area contributed by atoms with Crippen LogP contribution in [0.1, 0.15) is 19.3 Å². The maximum absolute atomic E-state index is 11.4. The first-order chi connectivity index (χ1) is 10.3. The SMILES string of the molecule is COC(=O)C1CC=C([n+]2ccccc2)CC1.F[P-](F)(F)(F)(F)F. The van der Waals surface area contributed by atoms with Crippen molar-refractivity contribution >= 4 is 19.5 Å². The standard InChI is InChI=1S/C13H16NO2.F6P/c1-16-13(15)11-5-7-12(8-6-11)14-9-3-2-4-10-14;1-7(2,3,4,5)6/h2-4,7,9-11H,5-6,8H2,1H3;/q+1;-1. The molecule has 0 amide bonds. The van der Waals surface area contributed by atoms with Crippen LogP contribution in [-0.2, 0) is 9.53 Å². The average Bonchev–Trinajstić information content (AvgIpc) is 2.44. The molecule has 0 saturated heterocycles. The minimum absolute atomic E-state index is 0.0399. The number of halogens is 6. The van der Waals surface area contributed by atoms with E-state index in [4.69, 9.17) is 4.74 Å². The molecule has 1 unspecified atom stereocenters. The van der Waals surface area contributed by atoms with Crippen LogP contribution in [0.4, 0.5) is 25.2 Å². The molecule has 0 radical (unpaired) electrons. The first kappa shape index (κ1) is 19.4. The zero-order chi connectivity index (χ0) is 17.8. The van der Waals surface area contributed by atoms with Crippen LogP contribution in [0.2, 0.25) is 0 Å². The first-order valence-corrected chi connectivity index (χ1v) is 8.59. The molecule has 1 atom stereocenters. The summed E-state index contributed by atoms with van der Waals surface area (Å²) in [4.78, 5) is 11.4. The number of rotatable bonds is 2. The van der Waals surface area contributed by atoms with E-state index in [-0.39, 0.29) is 11.9 Å². The molecule has 0 fully saturated rings. The van der Waals surface area contributed by atoms with E-state index in [1.807, 2.05) is 30.6 Å². The van der Waals surface area contributed by atoms with Crippen molar-refractivity contribution in [3.8, 4) is 0 Å². The monoisotopic (exact) mass is 363 g/mol. The molecule has 1 aliphatic rings. The number of carbonyl (C=O) groups is 1. The molecule has 132 valence electrons. The fourth-order valence-electron chi connectivity index (χ4n) is 2.03. The number of carbonyl (C=O) groups excluding carboxylic acids is 1. The van der Waals surface area contributed by atoms with Gasteiger partial charge < -0.3 is 4.74 Å². The molecule has 0 saturated carbocycles. The maximum atomic E-state index is 11.4. The summed E-state index contributed by atoms with van der Waals surface area (Å²) >= 11 is 0.